The fraction of sp³-hybridized carbons (Fsp3) is 0.462. The molecule has 1 unspecified atom stereocenters. The number of nitrogens with two attached hydrogens (primary N) is 1. The molecule has 6 nitrogen and oxygen atoms in total. The van der Waals surface area contributed by atoms with Crippen LogP contribution < -0.4 is 10.6 Å². The predicted molar refractivity (Wildman–Crippen MR) is 78.5 cm³/mol. The maximum atomic E-state index is 11.3. The molecule has 20 heavy (non-hydrogen) atoms. The lowest BCUT2D eigenvalue weighted by molar-refractivity contribution is 0.0701. The summed E-state index contributed by atoms with van der Waals surface area (Å²) >= 11 is 1.21. The first-order chi connectivity index (χ1) is 9.61. The standard InChI is InChI=1S/C13H16N4O2S/c1-7-9-11(17-3-2-8(4-14)5-17)15-6-16-12(9)20-10(7)13(18)19/h6,8H,2-5,14H2,1H3,(H,18,19). The van der Waals surface area contributed by atoms with Crippen LogP contribution in [-0.2, 0) is 0 Å². The van der Waals surface area contributed by atoms with E-state index in [1.165, 1.54) is 17.7 Å². The number of carboxylic acids is 1. The van der Waals surface area contributed by atoms with Crippen molar-refractivity contribution in [3.8, 4) is 0 Å². The summed E-state index contributed by atoms with van der Waals surface area (Å²) in [5.41, 5.74) is 6.48. The van der Waals surface area contributed by atoms with Gasteiger partial charge in [-0.1, -0.05) is 0 Å². The number of rotatable bonds is 3. The van der Waals surface area contributed by atoms with Crippen molar-refractivity contribution in [3.63, 3.8) is 0 Å². The Morgan fingerprint density at radius 3 is 3.05 bits per heavy atom. The number of fused-ring (bicyclic) bond motifs is 1. The Bertz CT molecular complexity index is 670. The average Bonchev–Trinajstić information content (AvgIpc) is 3.03. The van der Waals surface area contributed by atoms with Crippen molar-refractivity contribution in [2.24, 2.45) is 11.7 Å². The summed E-state index contributed by atoms with van der Waals surface area (Å²) in [4.78, 5) is 23.1. The molecule has 0 spiro atoms. The number of hydrogen-bond acceptors (Lipinski definition) is 6. The van der Waals surface area contributed by atoms with E-state index in [1.807, 2.05) is 6.92 Å². The fourth-order valence-electron chi connectivity index (χ4n) is 2.71. The molecule has 106 valence electrons. The van der Waals surface area contributed by atoms with Crippen LogP contribution in [0.5, 0.6) is 0 Å². The molecule has 1 aliphatic heterocycles. The van der Waals surface area contributed by atoms with Gasteiger partial charge in [0.25, 0.3) is 0 Å². The van der Waals surface area contributed by atoms with Crippen molar-refractivity contribution in [1.29, 1.82) is 0 Å². The molecule has 0 bridgehead atoms. The Morgan fingerprint density at radius 2 is 2.40 bits per heavy atom. The van der Waals surface area contributed by atoms with Crippen molar-refractivity contribution in [1.82, 2.24) is 9.97 Å². The van der Waals surface area contributed by atoms with E-state index in [0.717, 1.165) is 41.1 Å². The monoisotopic (exact) mass is 292 g/mol. The lowest BCUT2D eigenvalue weighted by Crippen LogP contribution is -2.23. The van der Waals surface area contributed by atoms with Crippen LogP contribution in [-0.4, -0.2) is 40.7 Å². The molecule has 0 aromatic carbocycles. The van der Waals surface area contributed by atoms with Crippen molar-refractivity contribution >= 4 is 33.3 Å². The van der Waals surface area contributed by atoms with Crippen LogP contribution in [0.25, 0.3) is 10.2 Å². The molecule has 0 saturated carbocycles. The molecule has 3 N–H and O–H groups in total. The summed E-state index contributed by atoms with van der Waals surface area (Å²) in [6.45, 7) is 4.28. The minimum Gasteiger partial charge on any atom is -0.477 e. The van der Waals surface area contributed by atoms with Crippen LogP contribution in [0.4, 0.5) is 5.82 Å². The molecule has 2 aromatic rings. The number of aromatic nitrogens is 2. The maximum Gasteiger partial charge on any atom is 0.346 e. The molecule has 2 aromatic heterocycles. The van der Waals surface area contributed by atoms with Crippen LogP contribution in [0, 0.1) is 12.8 Å². The van der Waals surface area contributed by atoms with E-state index in [4.69, 9.17) is 5.73 Å². The second kappa shape index (κ2) is 4.99. The van der Waals surface area contributed by atoms with Gasteiger partial charge < -0.3 is 15.7 Å². The van der Waals surface area contributed by atoms with Gasteiger partial charge in [-0.15, -0.1) is 11.3 Å². The molecule has 1 saturated heterocycles. The lowest BCUT2D eigenvalue weighted by atomic mass is 10.1. The van der Waals surface area contributed by atoms with E-state index in [-0.39, 0.29) is 0 Å². The maximum absolute atomic E-state index is 11.3. The number of carboxylic acid groups (broad SMARTS) is 1. The van der Waals surface area contributed by atoms with Gasteiger partial charge in [0.2, 0.25) is 0 Å². The number of nitrogens with zero attached hydrogens (tertiary/aromatic N) is 3. The third-order valence-electron chi connectivity index (χ3n) is 3.82. The lowest BCUT2D eigenvalue weighted by Gasteiger charge is -2.18. The van der Waals surface area contributed by atoms with Crippen LogP contribution in [0.2, 0.25) is 0 Å². The molecule has 3 rings (SSSR count). The summed E-state index contributed by atoms with van der Waals surface area (Å²) in [7, 11) is 0. The van der Waals surface area contributed by atoms with Crippen molar-refractivity contribution in [3.05, 3.63) is 16.8 Å². The average molecular weight is 292 g/mol. The van der Waals surface area contributed by atoms with Gasteiger partial charge >= 0.3 is 5.97 Å². The summed E-state index contributed by atoms with van der Waals surface area (Å²) in [6.07, 6.45) is 2.56. The van der Waals surface area contributed by atoms with Crippen LogP contribution in [0.15, 0.2) is 6.33 Å². The van der Waals surface area contributed by atoms with E-state index in [2.05, 4.69) is 14.9 Å². The van der Waals surface area contributed by atoms with Crippen LogP contribution >= 0.6 is 11.3 Å². The number of anilines is 1. The Balaban J connectivity index is 2.10. The first-order valence-corrected chi connectivity index (χ1v) is 7.36. The van der Waals surface area contributed by atoms with E-state index >= 15 is 0 Å². The molecular formula is C13H16N4O2S. The highest BCUT2D eigenvalue weighted by molar-refractivity contribution is 7.20. The summed E-state index contributed by atoms with van der Waals surface area (Å²) < 4.78 is 0. The topological polar surface area (TPSA) is 92.3 Å². The first kappa shape index (κ1) is 13.3. The van der Waals surface area contributed by atoms with Crippen LogP contribution in [0.1, 0.15) is 21.7 Å². The van der Waals surface area contributed by atoms with Crippen molar-refractivity contribution in [2.45, 2.75) is 13.3 Å². The Labute approximate surface area is 120 Å². The smallest absolute Gasteiger partial charge is 0.346 e. The van der Waals surface area contributed by atoms with Crippen LogP contribution in [0.3, 0.4) is 0 Å². The quantitative estimate of drug-likeness (QED) is 0.890. The van der Waals surface area contributed by atoms with E-state index in [9.17, 15) is 9.90 Å². The molecule has 0 aliphatic carbocycles. The van der Waals surface area contributed by atoms with Crippen molar-refractivity contribution < 1.29 is 9.90 Å². The number of thiophene rings is 1. The molecule has 0 amide bonds. The number of carbonyl (C=O) groups is 1. The molecular weight excluding hydrogens is 276 g/mol. The van der Waals surface area contributed by atoms with Gasteiger partial charge in [-0.05, 0) is 31.4 Å². The zero-order chi connectivity index (χ0) is 14.3. The third-order valence-corrected chi connectivity index (χ3v) is 5.01. The second-order valence-corrected chi connectivity index (χ2v) is 6.07. The molecule has 7 heteroatoms. The van der Waals surface area contributed by atoms with E-state index in [1.54, 1.807) is 0 Å². The zero-order valence-electron chi connectivity index (χ0n) is 11.2. The number of aryl methyl sites for hydroxylation is 1. The first-order valence-electron chi connectivity index (χ1n) is 6.54. The largest absolute Gasteiger partial charge is 0.477 e. The number of aromatic carboxylic acids is 1. The highest BCUT2D eigenvalue weighted by Gasteiger charge is 2.26. The highest BCUT2D eigenvalue weighted by Crippen LogP contribution is 2.36. The fourth-order valence-corrected chi connectivity index (χ4v) is 3.70. The Kier molecular flexibility index (Phi) is 3.31. The predicted octanol–water partition coefficient (Wildman–Crippen LogP) is 1.48. The normalized spacial score (nSPS) is 18.9. The molecule has 1 atom stereocenters. The molecule has 3 heterocycles. The van der Waals surface area contributed by atoms with Gasteiger partial charge in [0.05, 0.1) is 5.39 Å². The van der Waals surface area contributed by atoms with Gasteiger partial charge in [-0.25, -0.2) is 14.8 Å². The van der Waals surface area contributed by atoms with E-state index in [0.29, 0.717) is 17.3 Å². The Hall–Kier alpha value is -1.73. The van der Waals surface area contributed by atoms with Gasteiger partial charge in [0.15, 0.2) is 0 Å². The molecule has 1 fully saturated rings. The molecule has 0 radical (unpaired) electrons. The van der Waals surface area contributed by atoms with Gasteiger partial charge in [-0.2, -0.15) is 0 Å². The second-order valence-electron chi connectivity index (χ2n) is 5.08. The Morgan fingerprint density at radius 1 is 1.60 bits per heavy atom. The van der Waals surface area contributed by atoms with E-state index < -0.39 is 5.97 Å². The third kappa shape index (κ3) is 2.03. The number of hydrogen-bond donors (Lipinski definition) is 2. The van der Waals surface area contributed by atoms with Gasteiger partial charge in [0, 0.05) is 13.1 Å². The minimum absolute atomic E-state index is 0.344. The minimum atomic E-state index is -0.905. The summed E-state index contributed by atoms with van der Waals surface area (Å²) in [5.74, 6) is 0.419. The van der Waals surface area contributed by atoms with Gasteiger partial charge in [-0.3, -0.25) is 0 Å². The van der Waals surface area contributed by atoms with Crippen molar-refractivity contribution in [2.75, 3.05) is 24.5 Å². The summed E-state index contributed by atoms with van der Waals surface area (Å²) in [6, 6.07) is 0. The summed E-state index contributed by atoms with van der Waals surface area (Å²) in [5, 5.41) is 10.1. The highest BCUT2D eigenvalue weighted by atomic mass is 32.1. The SMILES string of the molecule is Cc1c(C(=O)O)sc2ncnc(N3CCC(CN)C3)c12. The van der Waals surface area contributed by atoms with Gasteiger partial charge in [0.1, 0.15) is 21.9 Å². The molecule has 1 aliphatic rings. The zero-order valence-corrected chi connectivity index (χ0v) is 12.0.